The van der Waals surface area contributed by atoms with Crippen molar-refractivity contribution in [2.75, 3.05) is 0 Å². The van der Waals surface area contributed by atoms with Gasteiger partial charge in [-0.25, -0.2) is 0 Å². The number of hydrogen-bond donors (Lipinski definition) is 2. The minimum absolute atomic E-state index is 0. The van der Waals surface area contributed by atoms with Crippen LogP contribution in [0.5, 0.6) is 0 Å². The molecule has 0 heterocycles. The molecule has 4 N–H and O–H groups in total. The SMILES string of the molecule is O.O=[Si](O)O.[AlH3].[H-].[Li+]. The molecule has 0 radical (unpaired) electrons. The smallest absolute Gasteiger partial charge is 1.00 e. The molecule has 7 heteroatoms. The van der Waals surface area contributed by atoms with Gasteiger partial charge in [0.2, 0.25) is 0 Å². The van der Waals surface area contributed by atoms with Crippen molar-refractivity contribution in [3.8, 4) is 0 Å². The van der Waals surface area contributed by atoms with Crippen LogP contribution >= 0.6 is 0 Å². The van der Waals surface area contributed by atoms with Gasteiger partial charge in [0.05, 0.1) is 0 Å². The molecule has 0 spiro atoms. The summed E-state index contributed by atoms with van der Waals surface area (Å²) in [6, 6.07) is 0. The molecule has 0 amide bonds. The molecule has 0 aliphatic carbocycles. The summed E-state index contributed by atoms with van der Waals surface area (Å²) in [5.41, 5.74) is 0. The number of rotatable bonds is 0. The first-order valence-electron chi connectivity index (χ1n) is 0.651. The Morgan fingerprint density at radius 1 is 1.43 bits per heavy atom. The molecule has 0 saturated carbocycles. The van der Waals surface area contributed by atoms with E-state index in [-0.39, 0.29) is 43.1 Å². The normalized spacial score (nSPS) is 3.43. The van der Waals surface area contributed by atoms with Gasteiger partial charge in [0.25, 0.3) is 0 Å². The molecule has 0 unspecified atom stereocenters. The summed E-state index contributed by atoms with van der Waals surface area (Å²) in [6.45, 7) is 0. The summed E-state index contributed by atoms with van der Waals surface area (Å²) in [7, 11) is -3.13. The fourth-order valence-corrected chi connectivity index (χ4v) is 0. The van der Waals surface area contributed by atoms with Gasteiger partial charge in [-0.2, -0.15) is 0 Å². The standard InChI is InChI=1S/Al.Li.H2O3Si.H2O.4H/c;;1-4(2)3;;;;;/h;;1-2H;1H2;;;;/q;+1;;;;;;-1. The van der Waals surface area contributed by atoms with Crippen LogP contribution in [0, 0.1) is 0 Å². The second-order valence-corrected chi connectivity index (χ2v) is 0.848. The van der Waals surface area contributed by atoms with Crippen molar-refractivity contribution in [2.24, 2.45) is 0 Å². The van der Waals surface area contributed by atoms with Crippen molar-refractivity contribution in [1.82, 2.24) is 0 Å². The van der Waals surface area contributed by atoms with Gasteiger partial charge in [-0.1, -0.05) is 0 Å². The molecule has 0 bridgehead atoms. The molecule has 0 aromatic rings. The van der Waals surface area contributed by atoms with Crippen molar-refractivity contribution in [1.29, 1.82) is 0 Å². The third-order valence-corrected chi connectivity index (χ3v) is 0. The Hall–Kier alpha value is 0.707. The number of hydrogen-bond acceptors (Lipinski definition) is 1. The fraction of sp³-hybridized carbons (Fsp3) is 0. The first-order valence-corrected chi connectivity index (χ1v) is 1.95. The van der Waals surface area contributed by atoms with Crippen LogP contribution < -0.4 is 18.9 Å². The summed E-state index contributed by atoms with van der Waals surface area (Å²) in [5.74, 6) is 0. The van der Waals surface area contributed by atoms with Gasteiger partial charge in [0, 0.05) is 0 Å². The molecule has 4 nitrogen and oxygen atoms in total. The van der Waals surface area contributed by atoms with Crippen molar-refractivity contribution in [2.45, 2.75) is 0 Å². The summed E-state index contributed by atoms with van der Waals surface area (Å²) < 4.78 is 8.74. The predicted octanol–water partition coefficient (Wildman–Crippen LogP) is -6.51. The van der Waals surface area contributed by atoms with E-state index in [4.69, 9.17) is 14.1 Å². The van der Waals surface area contributed by atoms with Gasteiger partial charge in [0.1, 0.15) is 0 Å². The molecule has 0 saturated heterocycles. The Kier molecular flexibility index (Phi) is 57.3. The Morgan fingerprint density at radius 3 is 1.43 bits per heavy atom. The second kappa shape index (κ2) is 15.9. The Bertz CT molecular complexity index is 39.0. The van der Waals surface area contributed by atoms with E-state index in [2.05, 4.69) is 0 Å². The minimum Gasteiger partial charge on any atom is -1.00 e. The molecule has 0 fully saturated rings. The maximum atomic E-state index is 8.74. The van der Waals surface area contributed by atoms with Gasteiger partial charge < -0.3 is 16.5 Å². The van der Waals surface area contributed by atoms with Gasteiger partial charge in [-0.15, -0.1) is 0 Å². The first-order chi connectivity index (χ1) is 1.73. The van der Waals surface area contributed by atoms with Crippen LogP contribution in [0.2, 0.25) is 0 Å². The molecule has 0 aliphatic heterocycles. The quantitative estimate of drug-likeness (QED) is 0.323. The van der Waals surface area contributed by atoms with Crippen LogP contribution in [0.3, 0.4) is 0 Å². The zero-order valence-corrected chi connectivity index (χ0v) is 4.30. The zero-order chi connectivity index (χ0) is 3.58. The van der Waals surface area contributed by atoms with E-state index in [0.717, 1.165) is 0 Å². The van der Waals surface area contributed by atoms with E-state index in [1.165, 1.54) is 0 Å². The Morgan fingerprint density at radius 2 is 1.43 bits per heavy atom. The van der Waals surface area contributed by atoms with Crippen molar-refractivity contribution in [3.63, 3.8) is 0 Å². The van der Waals surface area contributed by atoms with Crippen LogP contribution in [-0.2, 0) is 4.46 Å². The van der Waals surface area contributed by atoms with E-state index in [1.54, 1.807) is 0 Å². The third kappa shape index (κ3) is 297. The molecule has 7 heavy (non-hydrogen) atoms. The molecular weight excluding hydrogens is 126 g/mol. The van der Waals surface area contributed by atoms with E-state index in [0.29, 0.717) is 0 Å². The maximum absolute atomic E-state index is 8.74. The summed E-state index contributed by atoms with van der Waals surface area (Å²) >= 11 is 0. The van der Waals surface area contributed by atoms with Crippen LogP contribution in [0.25, 0.3) is 0 Å². The third-order valence-electron chi connectivity index (χ3n) is 0. The van der Waals surface area contributed by atoms with Gasteiger partial charge in [-0.3, -0.25) is 4.46 Å². The topological polar surface area (TPSA) is 89.0 Å². The molecule has 0 atom stereocenters. The second-order valence-electron chi connectivity index (χ2n) is 0.283. The minimum atomic E-state index is -3.13. The summed E-state index contributed by atoms with van der Waals surface area (Å²) in [4.78, 5) is 14.3. The first kappa shape index (κ1) is 25.2. The maximum Gasteiger partial charge on any atom is 1.00 e. The van der Waals surface area contributed by atoms with E-state index >= 15 is 0 Å². The Labute approximate surface area is 66.6 Å². The predicted molar refractivity (Wildman–Crippen MR) is 25.5 cm³/mol. The molecule has 0 aromatic carbocycles. The van der Waals surface area contributed by atoms with E-state index < -0.39 is 9.17 Å². The van der Waals surface area contributed by atoms with E-state index in [1.807, 2.05) is 0 Å². The molecule has 0 aliphatic rings. The molecule has 0 rings (SSSR count). The summed E-state index contributed by atoms with van der Waals surface area (Å²) in [6.07, 6.45) is 0. The molecule has 40 valence electrons. The molecular formula is H8AlLiO4Si. The van der Waals surface area contributed by atoms with Gasteiger partial charge in [0.15, 0.2) is 17.4 Å². The van der Waals surface area contributed by atoms with Crippen molar-refractivity contribution in [3.05, 3.63) is 0 Å². The van der Waals surface area contributed by atoms with Gasteiger partial charge in [-0.05, 0) is 0 Å². The Balaban J connectivity index is -0.00000000750. The molecule has 0 aromatic heterocycles. The largest absolute Gasteiger partial charge is 1.00 e. The summed E-state index contributed by atoms with van der Waals surface area (Å²) in [5, 5.41) is 0. The fourth-order valence-electron chi connectivity index (χ4n) is 0. The zero-order valence-electron chi connectivity index (χ0n) is 4.30. The van der Waals surface area contributed by atoms with Gasteiger partial charge >= 0.3 is 28.0 Å². The van der Waals surface area contributed by atoms with Crippen LogP contribution in [0.1, 0.15) is 1.43 Å². The van der Waals surface area contributed by atoms with Crippen LogP contribution in [0.15, 0.2) is 0 Å². The van der Waals surface area contributed by atoms with Crippen molar-refractivity contribution >= 4 is 26.5 Å². The average Bonchev–Trinajstić information content (AvgIpc) is 0.811. The average molecular weight is 134 g/mol. The van der Waals surface area contributed by atoms with Crippen molar-refractivity contribution < 1.29 is 39.8 Å². The van der Waals surface area contributed by atoms with Crippen LogP contribution in [0.4, 0.5) is 0 Å². The van der Waals surface area contributed by atoms with Crippen LogP contribution in [-0.4, -0.2) is 41.6 Å². The van der Waals surface area contributed by atoms with E-state index in [9.17, 15) is 0 Å². The monoisotopic (exact) mass is 134 g/mol.